The van der Waals surface area contributed by atoms with Crippen molar-refractivity contribution in [2.24, 2.45) is 0 Å². The second-order valence-electron chi connectivity index (χ2n) is 6.78. The van der Waals surface area contributed by atoms with E-state index >= 15 is 0 Å². The van der Waals surface area contributed by atoms with Crippen molar-refractivity contribution in [1.82, 2.24) is 4.98 Å². The van der Waals surface area contributed by atoms with Crippen LogP contribution in [0.1, 0.15) is 36.5 Å². The van der Waals surface area contributed by atoms with Crippen LogP contribution in [-0.2, 0) is 11.2 Å². The number of carboxylic acids is 1. The molecule has 0 aliphatic heterocycles. The van der Waals surface area contributed by atoms with Crippen molar-refractivity contribution in [3.05, 3.63) is 53.1 Å². The number of fused-ring (bicyclic) bond motifs is 1. The number of aromatic amines is 1. The lowest BCUT2D eigenvalue weighted by Crippen LogP contribution is -2.01. The molecular formula is C22H25NO3. The van der Waals surface area contributed by atoms with Gasteiger partial charge in [-0.25, -0.2) is 0 Å². The van der Waals surface area contributed by atoms with Gasteiger partial charge in [0.2, 0.25) is 0 Å². The topological polar surface area (TPSA) is 62.3 Å². The van der Waals surface area contributed by atoms with Gasteiger partial charge in [0.25, 0.3) is 0 Å². The van der Waals surface area contributed by atoms with Crippen molar-refractivity contribution in [3.8, 4) is 17.0 Å². The molecule has 2 N–H and O–H groups in total. The number of ether oxygens (including phenoxy) is 1. The van der Waals surface area contributed by atoms with Crippen molar-refractivity contribution < 1.29 is 14.6 Å². The van der Waals surface area contributed by atoms with Gasteiger partial charge in [0.15, 0.2) is 0 Å². The number of hydrogen-bond donors (Lipinski definition) is 2. The third-order valence-electron chi connectivity index (χ3n) is 4.62. The van der Waals surface area contributed by atoms with E-state index in [9.17, 15) is 9.90 Å². The van der Waals surface area contributed by atoms with Crippen molar-refractivity contribution in [3.63, 3.8) is 0 Å². The monoisotopic (exact) mass is 351 g/mol. The molecule has 4 heteroatoms. The van der Waals surface area contributed by atoms with Gasteiger partial charge in [-0.05, 0) is 49.6 Å². The van der Waals surface area contributed by atoms with Gasteiger partial charge in [-0.2, -0.15) is 0 Å². The maximum absolute atomic E-state index is 11.5. The molecule has 0 amide bonds. The van der Waals surface area contributed by atoms with E-state index in [-0.39, 0.29) is 6.42 Å². The molecule has 0 aliphatic carbocycles. The Labute approximate surface area is 153 Å². The number of rotatable bonds is 7. The summed E-state index contributed by atoms with van der Waals surface area (Å²) in [5.74, 6) is -0.0574. The van der Waals surface area contributed by atoms with Gasteiger partial charge in [0.1, 0.15) is 5.75 Å². The summed E-state index contributed by atoms with van der Waals surface area (Å²) in [7, 11) is 0. The first-order chi connectivity index (χ1) is 12.5. The summed E-state index contributed by atoms with van der Waals surface area (Å²) in [5, 5.41) is 10.3. The van der Waals surface area contributed by atoms with Crippen LogP contribution in [-0.4, -0.2) is 22.7 Å². The molecule has 0 aliphatic rings. The predicted octanol–water partition coefficient (Wildman–Crippen LogP) is 5.26. The normalized spacial score (nSPS) is 11.0. The molecule has 136 valence electrons. The number of nitrogens with one attached hydrogen (secondary N) is 1. The third-order valence-corrected chi connectivity index (χ3v) is 4.62. The molecule has 0 unspecified atom stereocenters. The molecule has 3 aromatic rings. The van der Waals surface area contributed by atoms with Crippen LogP contribution >= 0.6 is 0 Å². The first-order valence-corrected chi connectivity index (χ1v) is 9.06. The first kappa shape index (κ1) is 18.1. The van der Waals surface area contributed by atoms with E-state index in [0.717, 1.165) is 51.9 Å². The highest BCUT2D eigenvalue weighted by molar-refractivity contribution is 5.95. The van der Waals surface area contributed by atoms with Crippen molar-refractivity contribution in [2.45, 2.75) is 40.0 Å². The molecule has 0 atom stereocenters. The number of H-pyrrole nitrogens is 1. The Balaban J connectivity index is 2.11. The zero-order valence-electron chi connectivity index (χ0n) is 15.6. The van der Waals surface area contributed by atoms with Crippen molar-refractivity contribution >= 4 is 16.9 Å². The summed E-state index contributed by atoms with van der Waals surface area (Å²) in [4.78, 5) is 14.9. The van der Waals surface area contributed by atoms with Gasteiger partial charge < -0.3 is 14.8 Å². The minimum atomic E-state index is -0.839. The Kier molecular flexibility index (Phi) is 5.31. The molecular weight excluding hydrogens is 326 g/mol. The Morgan fingerprint density at radius 2 is 1.96 bits per heavy atom. The number of aryl methyl sites for hydroxylation is 2. The zero-order valence-corrected chi connectivity index (χ0v) is 15.6. The number of carboxylic acid groups (broad SMARTS) is 1. The Hall–Kier alpha value is -2.75. The highest BCUT2D eigenvalue weighted by Crippen LogP contribution is 2.34. The minimum Gasteiger partial charge on any atom is -0.494 e. The first-order valence-electron chi connectivity index (χ1n) is 9.06. The average molecular weight is 351 g/mol. The van der Waals surface area contributed by atoms with Gasteiger partial charge in [-0.15, -0.1) is 0 Å². The number of benzene rings is 2. The lowest BCUT2D eigenvalue weighted by atomic mass is 9.98. The van der Waals surface area contributed by atoms with Crippen LogP contribution in [0.3, 0.4) is 0 Å². The maximum atomic E-state index is 11.5. The zero-order chi connectivity index (χ0) is 18.7. The smallest absolute Gasteiger partial charge is 0.307 e. The highest BCUT2D eigenvalue weighted by atomic mass is 16.5. The van der Waals surface area contributed by atoms with E-state index < -0.39 is 5.97 Å². The largest absolute Gasteiger partial charge is 0.494 e. The van der Waals surface area contributed by atoms with Gasteiger partial charge in [0, 0.05) is 16.5 Å². The average Bonchev–Trinajstić information content (AvgIpc) is 2.92. The van der Waals surface area contributed by atoms with E-state index in [2.05, 4.69) is 44.0 Å². The maximum Gasteiger partial charge on any atom is 0.307 e. The Morgan fingerprint density at radius 3 is 2.65 bits per heavy atom. The summed E-state index contributed by atoms with van der Waals surface area (Å²) in [5.41, 5.74) is 5.97. The van der Waals surface area contributed by atoms with E-state index in [4.69, 9.17) is 4.74 Å². The van der Waals surface area contributed by atoms with Crippen LogP contribution in [0.4, 0.5) is 0 Å². The molecule has 1 heterocycles. The molecule has 0 bridgehead atoms. The summed E-state index contributed by atoms with van der Waals surface area (Å²) in [6.45, 7) is 6.90. The predicted molar refractivity (Wildman–Crippen MR) is 105 cm³/mol. The standard InChI is InChI=1S/C22H25NO3/c1-4-5-10-26-16-7-9-20-18(12-16)19(13-21(24)25)22(23-20)17-8-6-14(2)11-15(17)3/h6-9,11-12,23H,4-5,10,13H2,1-3H3,(H,24,25). The van der Waals surface area contributed by atoms with Crippen LogP contribution < -0.4 is 4.74 Å². The third kappa shape index (κ3) is 3.74. The molecule has 0 spiro atoms. The SMILES string of the molecule is CCCCOc1ccc2[nH]c(-c3ccc(C)cc3C)c(CC(=O)O)c2c1. The van der Waals surface area contributed by atoms with E-state index in [1.807, 2.05) is 18.2 Å². The van der Waals surface area contributed by atoms with Gasteiger partial charge >= 0.3 is 5.97 Å². The van der Waals surface area contributed by atoms with Crippen molar-refractivity contribution in [1.29, 1.82) is 0 Å². The number of aliphatic carboxylic acids is 1. The summed E-state index contributed by atoms with van der Waals surface area (Å²) < 4.78 is 5.81. The van der Waals surface area contributed by atoms with Gasteiger partial charge in [0.05, 0.1) is 18.7 Å². The Morgan fingerprint density at radius 1 is 1.15 bits per heavy atom. The molecule has 0 fully saturated rings. The number of carbonyl (C=O) groups is 1. The molecule has 2 aromatic carbocycles. The summed E-state index contributed by atoms with van der Waals surface area (Å²) >= 11 is 0. The van der Waals surface area contributed by atoms with E-state index in [0.29, 0.717) is 6.61 Å². The molecule has 4 nitrogen and oxygen atoms in total. The summed E-state index contributed by atoms with van der Waals surface area (Å²) in [6.07, 6.45) is 2.05. The van der Waals surface area contributed by atoms with E-state index in [1.54, 1.807) is 0 Å². The molecule has 3 rings (SSSR count). The lowest BCUT2D eigenvalue weighted by molar-refractivity contribution is -0.136. The highest BCUT2D eigenvalue weighted by Gasteiger charge is 2.18. The molecule has 0 saturated carbocycles. The number of hydrogen-bond acceptors (Lipinski definition) is 2. The number of aromatic nitrogens is 1. The van der Waals surface area contributed by atoms with Crippen LogP contribution in [0.25, 0.3) is 22.2 Å². The van der Waals surface area contributed by atoms with Gasteiger partial charge in [-0.1, -0.05) is 37.1 Å². The number of unbranched alkanes of at least 4 members (excludes halogenated alkanes) is 1. The van der Waals surface area contributed by atoms with Crippen LogP contribution in [0.15, 0.2) is 36.4 Å². The van der Waals surface area contributed by atoms with Gasteiger partial charge in [-0.3, -0.25) is 4.79 Å². The van der Waals surface area contributed by atoms with Crippen LogP contribution in [0, 0.1) is 13.8 Å². The fourth-order valence-electron chi connectivity index (χ4n) is 3.31. The minimum absolute atomic E-state index is 0.0267. The van der Waals surface area contributed by atoms with Crippen LogP contribution in [0.5, 0.6) is 5.75 Å². The van der Waals surface area contributed by atoms with E-state index in [1.165, 1.54) is 5.56 Å². The Bertz CT molecular complexity index is 940. The quantitative estimate of drug-likeness (QED) is 0.571. The fourth-order valence-corrected chi connectivity index (χ4v) is 3.31. The second kappa shape index (κ2) is 7.65. The van der Waals surface area contributed by atoms with Crippen molar-refractivity contribution in [2.75, 3.05) is 6.61 Å². The fraction of sp³-hybridized carbons (Fsp3) is 0.318. The molecule has 0 radical (unpaired) electrons. The lowest BCUT2D eigenvalue weighted by Gasteiger charge is -2.08. The molecule has 1 aromatic heterocycles. The molecule has 0 saturated heterocycles. The summed E-state index contributed by atoms with van der Waals surface area (Å²) in [6, 6.07) is 12.1. The van der Waals surface area contributed by atoms with Crippen LogP contribution in [0.2, 0.25) is 0 Å². The second-order valence-corrected chi connectivity index (χ2v) is 6.78. The molecule has 26 heavy (non-hydrogen) atoms.